The molecule has 2 heteroatoms. The lowest BCUT2D eigenvalue weighted by atomic mass is 10.0. The number of hydrogen-bond donors (Lipinski definition) is 1. The van der Waals surface area contributed by atoms with Crippen molar-refractivity contribution in [3.05, 3.63) is 30.1 Å². The van der Waals surface area contributed by atoms with E-state index >= 15 is 0 Å². The molecule has 0 spiro atoms. The number of para-hydroxylation sites is 2. The van der Waals surface area contributed by atoms with E-state index < -0.39 is 0 Å². The molecule has 0 saturated carbocycles. The molecule has 2 aromatic rings. The first kappa shape index (κ1) is 9.25. The molecule has 1 aromatic heterocycles. The summed E-state index contributed by atoms with van der Waals surface area (Å²) >= 11 is 0. The average Bonchev–Trinajstić information content (AvgIpc) is 2.63. The van der Waals surface area contributed by atoms with Crippen LogP contribution in [-0.2, 0) is 0 Å². The van der Waals surface area contributed by atoms with Crippen LogP contribution in [-0.4, -0.2) is 9.97 Å². The number of nitrogens with zero attached hydrogens (tertiary/aromatic N) is 1. The van der Waals surface area contributed by atoms with Gasteiger partial charge in [0.05, 0.1) is 11.0 Å². The van der Waals surface area contributed by atoms with Crippen molar-refractivity contribution in [2.24, 2.45) is 0 Å². The van der Waals surface area contributed by atoms with Crippen LogP contribution >= 0.6 is 0 Å². The van der Waals surface area contributed by atoms with Gasteiger partial charge in [-0.25, -0.2) is 4.98 Å². The monoisotopic (exact) mass is 188 g/mol. The molecule has 74 valence electrons. The highest BCUT2D eigenvalue weighted by molar-refractivity contribution is 5.74. The number of nitrogens with one attached hydrogen (secondary N) is 1. The van der Waals surface area contributed by atoms with Gasteiger partial charge in [0.15, 0.2) is 0 Å². The minimum Gasteiger partial charge on any atom is -0.342 e. The van der Waals surface area contributed by atoms with Crippen molar-refractivity contribution in [3.8, 4) is 0 Å². The summed E-state index contributed by atoms with van der Waals surface area (Å²) in [6.45, 7) is 4.42. The second-order valence-corrected chi connectivity index (χ2v) is 3.65. The predicted molar refractivity (Wildman–Crippen MR) is 59.4 cm³/mol. The molecule has 0 unspecified atom stereocenters. The first-order valence-electron chi connectivity index (χ1n) is 5.29. The van der Waals surface area contributed by atoms with Gasteiger partial charge in [0.25, 0.3) is 0 Å². The van der Waals surface area contributed by atoms with Gasteiger partial charge in [-0.1, -0.05) is 26.0 Å². The van der Waals surface area contributed by atoms with Crippen LogP contribution in [0.15, 0.2) is 24.3 Å². The molecule has 0 saturated heterocycles. The summed E-state index contributed by atoms with van der Waals surface area (Å²) in [6, 6.07) is 8.20. The van der Waals surface area contributed by atoms with E-state index in [1.807, 2.05) is 12.1 Å². The van der Waals surface area contributed by atoms with Gasteiger partial charge in [-0.2, -0.15) is 0 Å². The second kappa shape index (κ2) is 3.82. The maximum atomic E-state index is 4.60. The zero-order valence-corrected chi connectivity index (χ0v) is 8.75. The van der Waals surface area contributed by atoms with Crippen LogP contribution < -0.4 is 0 Å². The third-order valence-electron chi connectivity index (χ3n) is 2.78. The molecule has 0 radical (unpaired) electrons. The first-order chi connectivity index (χ1) is 6.85. The molecule has 0 aliphatic rings. The van der Waals surface area contributed by atoms with Gasteiger partial charge in [-0.15, -0.1) is 0 Å². The van der Waals surface area contributed by atoms with Crippen molar-refractivity contribution >= 4 is 11.0 Å². The maximum Gasteiger partial charge on any atom is 0.110 e. The highest BCUT2D eigenvalue weighted by Gasteiger charge is 2.10. The fourth-order valence-electron chi connectivity index (χ4n) is 1.84. The van der Waals surface area contributed by atoms with Gasteiger partial charge < -0.3 is 4.98 Å². The standard InChI is InChI=1S/C12H16N2/c1-3-9(4-2)12-13-10-7-5-6-8-11(10)14-12/h5-9H,3-4H2,1-2H3,(H,13,14). The van der Waals surface area contributed by atoms with E-state index in [0.29, 0.717) is 5.92 Å². The van der Waals surface area contributed by atoms with Gasteiger partial charge in [-0.3, -0.25) is 0 Å². The lowest BCUT2D eigenvalue weighted by molar-refractivity contribution is 0.611. The molecule has 0 amide bonds. The third-order valence-corrected chi connectivity index (χ3v) is 2.78. The summed E-state index contributed by atoms with van der Waals surface area (Å²) in [6.07, 6.45) is 2.30. The summed E-state index contributed by atoms with van der Waals surface area (Å²) in [5, 5.41) is 0. The van der Waals surface area contributed by atoms with E-state index in [4.69, 9.17) is 0 Å². The fraction of sp³-hybridized carbons (Fsp3) is 0.417. The maximum absolute atomic E-state index is 4.60. The highest BCUT2D eigenvalue weighted by Crippen LogP contribution is 2.22. The predicted octanol–water partition coefficient (Wildman–Crippen LogP) is 3.47. The number of benzene rings is 1. The van der Waals surface area contributed by atoms with Gasteiger partial charge >= 0.3 is 0 Å². The molecule has 14 heavy (non-hydrogen) atoms. The molecule has 0 atom stereocenters. The van der Waals surface area contributed by atoms with Crippen LogP contribution in [0.2, 0.25) is 0 Å². The largest absolute Gasteiger partial charge is 0.342 e. The highest BCUT2D eigenvalue weighted by atomic mass is 14.9. The van der Waals surface area contributed by atoms with Crippen molar-refractivity contribution in [1.82, 2.24) is 9.97 Å². The number of fused-ring (bicyclic) bond motifs is 1. The molecule has 2 rings (SSSR count). The lowest BCUT2D eigenvalue weighted by Crippen LogP contribution is -1.97. The minimum absolute atomic E-state index is 0.572. The molecule has 0 aliphatic heterocycles. The van der Waals surface area contributed by atoms with Crippen molar-refractivity contribution in [2.45, 2.75) is 32.6 Å². The normalized spacial score (nSPS) is 11.4. The SMILES string of the molecule is CCC(CC)c1nc2ccccc2[nH]1. The van der Waals surface area contributed by atoms with E-state index in [1.54, 1.807) is 0 Å². The van der Waals surface area contributed by atoms with Crippen LogP contribution in [0.3, 0.4) is 0 Å². The van der Waals surface area contributed by atoms with Crippen LogP contribution in [0, 0.1) is 0 Å². The molecule has 1 N–H and O–H groups in total. The number of aromatic amines is 1. The zero-order chi connectivity index (χ0) is 9.97. The number of hydrogen-bond acceptors (Lipinski definition) is 1. The number of H-pyrrole nitrogens is 1. The Morgan fingerprint density at radius 2 is 1.93 bits per heavy atom. The molecular weight excluding hydrogens is 172 g/mol. The van der Waals surface area contributed by atoms with Crippen LogP contribution in [0.5, 0.6) is 0 Å². The number of rotatable bonds is 3. The summed E-state index contributed by atoms with van der Waals surface area (Å²) in [5.74, 6) is 1.71. The topological polar surface area (TPSA) is 28.7 Å². The third kappa shape index (κ3) is 1.52. The van der Waals surface area contributed by atoms with E-state index in [1.165, 1.54) is 0 Å². The average molecular weight is 188 g/mol. The Bertz CT molecular complexity index is 380. The first-order valence-corrected chi connectivity index (χ1v) is 5.29. The van der Waals surface area contributed by atoms with Gasteiger partial charge in [-0.05, 0) is 25.0 Å². The van der Waals surface area contributed by atoms with Crippen molar-refractivity contribution < 1.29 is 0 Å². The van der Waals surface area contributed by atoms with E-state index in [-0.39, 0.29) is 0 Å². The Hall–Kier alpha value is -1.31. The summed E-state index contributed by atoms with van der Waals surface area (Å²) in [4.78, 5) is 7.99. The molecule has 2 nitrogen and oxygen atoms in total. The molecule has 0 fully saturated rings. The van der Waals surface area contributed by atoms with E-state index in [2.05, 4.69) is 35.9 Å². The summed E-state index contributed by atoms with van der Waals surface area (Å²) in [5.41, 5.74) is 2.23. The van der Waals surface area contributed by atoms with E-state index in [0.717, 1.165) is 29.7 Å². The quantitative estimate of drug-likeness (QED) is 0.785. The summed E-state index contributed by atoms with van der Waals surface area (Å²) < 4.78 is 0. The summed E-state index contributed by atoms with van der Waals surface area (Å²) in [7, 11) is 0. The van der Waals surface area contributed by atoms with Crippen LogP contribution in [0.25, 0.3) is 11.0 Å². The Balaban J connectivity index is 2.43. The number of aromatic nitrogens is 2. The Morgan fingerprint density at radius 3 is 2.57 bits per heavy atom. The van der Waals surface area contributed by atoms with Gasteiger partial charge in [0.2, 0.25) is 0 Å². The Labute approximate surface area is 84.4 Å². The van der Waals surface area contributed by atoms with E-state index in [9.17, 15) is 0 Å². The Morgan fingerprint density at radius 1 is 1.21 bits per heavy atom. The van der Waals surface area contributed by atoms with Crippen LogP contribution in [0.4, 0.5) is 0 Å². The van der Waals surface area contributed by atoms with Gasteiger partial charge in [0, 0.05) is 5.92 Å². The van der Waals surface area contributed by atoms with Crippen LogP contribution in [0.1, 0.15) is 38.4 Å². The molecule has 0 bridgehead atoms. The Kier molecular flexibility index (Phi) is 2.53. The molecule has 1 aromatic carbocycles. The minimum atomic E-state index is 0.572. The molecule has 0 aliphatic carbocycles. The smallest absolute Gasteiger partial charge is 0.110 e. The van der Waals surface area contributed by atoms with Crippen molar-refractivity contribution in [3.63, 3.8) is 0 Å². The fourth-order valence-corrected chi connectivity index (χ4v) is 1.84. The van der Waals surface area contributed by atoms with Gasteiger partial charge in [0.1, 0.15) is 5.82 Å². The lowest BCUT2D eigenvalue weighted by Gasteiger charge is -2.07. The molecule has 1 heterocycles. The number of imidazole rings is 1. The zero-order valence-electron chi connectivity index (χ0n) is 8.75. The van der Waals surface area contributed by atoms with Crippen molar-refractivity contribution in [2.75, 3.05) is 0 Å². The second-order valence-electron chi connectivity index (χ2n) is 3.65. The van der Waals surface area contributed by atoms with Crippen molar-refractivity contribution in [1.29, 1.82) is 0 Å². The molecular formula is C12H16N2.